The summed E-state index contributed by atoms with van der Waals surface area (Å²) in [6.45, 7) is 3.75. The molecule has 5 heteroatoms. The van der Waals surface area contributed by atoms with Crippen molar-refractivity contribution in [2.24, 2.45) is 0 Å². The number of aryl methyl sites for hydroxylation is 2. The van der Waals surface area contributed by atoms with Gasteiger partial charge in [-0.3, -0.25) is 0 Å². The van der Waals surface area contributed by atoms with E-state index in [0.29, 0.717) is 17.1 Å². The topological polar surface area (TPSA) is 46.6 Å². The second kappa shape index (κ2) is 3.99. The van der Waals surface area contributed by atoms with Crippen LogP contribution in [0, 0.1) is 13.8 Å². The van der Waals surface area contributed by atoms with Gasteiger partial charge in [-0.2, -0.15) is 8.42 Å². The van der Waals surface area contributed by atoms with Crippen LogP contribution < -0.4 is 8.49 Å². The number of hydrogen-bond donors (Lipinski definition) is 0. The first-order chi connectivity index (χ1) is 9.00. The summed E-state index contributed by atoms with van der Waals surface area (Å²) in [5.74, 6) is 0.378. The van der Waals surface area contributed by atoms with Crippen molar-refractivity contribution in [3.8, 4) is 5.75 Å². The smallest absolute Gasteiger partial charge is 0.364 e. The summed E-state index contributed by atoms with van der Waals surface area (Å²) in [5.41, 5.74) is 2.96. The van der Waals surface area contributed by atoms with Gasteiger partial charge in [0.1, 0.15) is 5.69 Å². The maximum absolute atomic E-state index is 12.2. The molecule has 1 heterocycles. The Hall–Kier alpha value is -2.01. The molecular weight excluding hydrogens is 262 g/mol. The lowest BCUT2D eigenvalue weighted by Crippen LogP contribution is -2.25. The maximum atomic E-state index is 12.2. The van der Waals surface area contributed by atoms with Gasteiger partial charge in [0, 0.05) is 0 Å². The van der Waals surface area contributed by atoms with Crippen molar-refractivity contribution in [1.82, 2.24) is 0 Å². The molecule has 0 unspecified atom stereocenters. The molecule has 0 aliphatic carbocycles. The molecule has 0 saturated carbocycles. The van der Waals surface area contributed by atoms with Gasteiger partial charge in [0.25, 0.3) is 0 Å². The molecule has 0 spiro atoms. The van der Waals surface area contributed by atoms with E-state index in [1.165, 1.54) is 4.31 Å². The van der Waals surface area contributed by atoms with Crippen LogP contribution in [0.1, 0.15) is 11.1 Å². The fourth-order valence-corrected chi connectivity index (χ4v) is 3.59. The third kappa shape index (κ3) is 1.77. The van der Waals surface area contributed by atoms with Gasteiger partial charge in [-0.25, -0.2) is 4.31 Å². The molecule has 2 aromatic carbocycles. The van der Waals surface area contributed by atoms with Crippen LogP contribution in [-0.4, -0.2) is 8.42 Å². The highest BCUT2D eigenvalue weighted by atomic mass is 32.2. The van der Waals surface area contributed by atoms with Crippen LogP contribution >= 0.6 is 0 Å². The molecule has 0 amide bonds. The van der Waals surface area contributed by atoms with Gasteiger partial charge in [-0.1, -0.05) is 30.3 Å². The molecule has 98 valence electrons. The molecule has 19 heavy (non-hydrogen) atoms. The van der Waals surface area contributed by atoms with Gasteiger partial charge in [-0.15, -0.1) is 0 Å². The normalized spacial score (nSPS) is 16.0. The van der Waals surface area contributed by atoms with E-state index in [9.17, 15) is 8.42 Å². The minimum atomic E-state index is -3.81. The van der Waals surface area contributed by atoms with Crippen LogP contribution in [0.4, 0.5) is 11.4 Å². The lowest BCUT2D eigenvalue weighted by atomic mass is 10.1. The van der Waals surface area contributed by atoms with Crippen molar-refractivity contribution in [3.63, 3.8) is 0 Å². The molecule has 0 aromatic heterocycles. The summed E-state index contributed by atoms with van der Waals surface area (Å²) in [4.78, 5) is 0. The number of anilines is 2. The standard InChI is InChI=1S/C14H13NO3S/c1-10-6-3-4-8-12(10)15-14-11(2)7-5-9-13(14)18-19(15,16)17/h3-9H,1-2H3. The van der Waals surface area contributed by atoms with Gasteiger partial charge < -0.3 is 4.18 Å². The molecule has 1 aliphatic rings. The summed E-state index contributed by atoms with van der Waals surface area (Å²) in [6, 6.07) is 12.7. The Bertz CT molecular complexity index is 753. The lowest BCUT2D eigenvalue weighted by Gasteiger charge is -2.18. The third-order valence-electron chi connectivity index (χ3n) is 3.16. The first kappa shape index (κ1) is 12.0. The van der Waals surface area contributed by atoms with Crippen LogP contribution in [0.25, 0.3) is 0 Å². The third-order valence-corrected chi connectivity index (χ3v) is 4.37. The van der Waals surface area contributed by atoms with Crippen molar-refractivity contribution in [2.45, 2.75) is 13.8 Å². The average molecular weight is 275 g/mol. The molecule has 4 nitrogen and oxygen atoms in total. The molecule has 0 fully saturated rings. The molecule has 0 bridgehead atoms. The number of nitrogens with zero attached hydrogens (tertiary/aromatic N) is 1. The second-order valence-corrected chi connectivity index (χ2v) is 5.90. The number of fused-ring (bicyclic) bond motifs is 1. The molecule has 0 N–H and O–H groups in total. The Kier molecular flexibility index (Phi) is 2.53. The first-order valence-electron chi connectivity index (χ1n) is 5.91. The van der Waals surface area contributed by atoms with Crippen LogP contribution in [0.15, 0.2) is 42.5 Å². The minimum Gasteiger partial charge on any atom is -0.364 e. The SMILES string of the molecule is Cc1ccccc1N1c2c(C)cccc2OS1(=O)=O. The fourth-order valence-electron chi connectivity index (χ4n) is 2.25. The summed E-state index contributed by atoms with van der Waals surface area (Å²) in [6.07, 6.45) is 0. The zero-order valence-corrected chi connectivity index (χ0v) is 11.4. The van der Waals surface area contributed by atoms with E-state index in [1.807, 2.05) is 38.1 Å². The van der Waals surface area contributed by atoms with Crippen LogP contribution in [0.2, 0.25) is 0 Å². The number of hydrogen-bond acceptors (Lipinski definition) is 3. The largest absolute Gasteiger partial charge is 0.414 e. The Balaban J connectivity index is 2.30. The van der Waals surface area contributed by atoms with E-state index in [0.717, 1.165) is 11.1 Å². The monoisotopic (exact) mass is 275 g/mol. The molecule has 0 atom stereocenters. The Morgan fingerprint density at radius 1 is 0.947 bits per heavy atom. The fraction of sp³-hybridized carbons (Fsp3) is 0.143. The Morgan fingerprint density at radius 3 is 2.37 bits per heavy atom. The first-order valence-corrected chi connectivity index (χ1v) is 7.27. The van der Waals surface area contributed by atoms with Crippen molar-refractivity contribution in [3.05, 3.63) is 53.6 Å². The summed E-state index contributed by atoms with van der Waals surface area (Å²) < 4.78 is 30.8. The number of rotatable bonds is 1. The maximum Gasteiger partial charge on any atom is 0.414 e. The predicted octanol–water partition coefficient (Wildman–Crippen LogP) is 3.08. The summed E-state index contributed by atoms with van der Waals surface area (Å²) >= 11 is 0. The van der Waals surface area contributed by atoms with Gasteiger partial charge in [0.15, 0.2) is 5.75 Å². The highest BCUT2D eigenvalue weighted by molar-refractivity contribution is 7.89. The summed E-state index contributed by atoms with van der Waals surface area (Å²) in [5, 5.41) is 0. The van der Waals surface area contributed by atoms with Crippen LogP contribution in [0.5, 0.6) is 5.75 Å². The van der Waals surface area contributed by atoms with E-state index in [1.54, 1.807) is 18.2 Å². The van der Waals surface area contributed by atoms with Gasteiger partial charge in [0.05, 0.1) is 5.69 Å². The molecule has 3 rings (SSSR count). The lowest BCUT2D eigenvalue weighted by molar-refractivity contribution is 0.500. The minimum absolute atomic E-state index is 0.378. The van der Waals surface area contributed by atoms with E-state index in [2.05, 4.69) is 0 Å². The number of benzene rings is 2. The molecule has 1 aliphatic heterocycles. The van der Waals surface area contributed by atoms with E-state index >= 15 is 0 Å². The zero-order chi connectivity index (χ0) is 13.6. The Morgan fingerprint density at radius 2 is 1.63 bits per heavy atom. The molecular formula is C14H13NO3S. The molecule has 2 aromatic rings. The summed E-state index contributed by atoms with van der Waals surface area (Å²) in [7, 11) is -3.81. The van der Waals surface area contributed by atoms with Gasteiger partial charge in [0.2, 0.25) is 0 Å². The highest BCUT2D eigenvalue weighted by Gasteiger charge is 2.38. The van der Waals surface area contributed by atoms with Gasteiger partial charge >= 0.3 is 10.3 Å². The van der Waals surface area contributed by atoms with Crippen LogP contribution in [-0.2, 0) is 10.3 Å². The van der Waals surface area contributed by atoms with E-state index in [-0.39, 0.29) is 0 Å². The van der Waals surface area contributed by atoms with Crippen molar-refractivity contribution < 1.29 is 12.6 Å². The highest BCUT2D eigenvalue weighted by Crippen LogP contribution is 2.45. The number of para-hydroxylation sites is 2. The predicted molar refractivity (Wildman–Crippen MR) is 74.0 cm³/mol. The average Bonchev–Trinajstić information content (AvgIpc) is 2.62. The zero-order valence-electron chi connectivity index (χ0n) is 10.6. The van der Waals surface area contributed by atoms with Crippen molar-refractivity contribution in [2.75, 3.05) is 4.31 Å². The Labute approximate surface area is 112 Å². The van der Waals surface area contributed by atoms with Crippen LogP contribution in [0.3, 0.4) is 0 Å². The molecule has 0 radical (unpaired) electrons. The quantitative estimate of drug-likeness (QED) is 0.803. The van der Waals surface area contributed by atoms with Crippen molar-refractivity contribution >= 4 is 21.7 Å². The van der Waals surface area contributed by atoms with E-state index < -0.39 is 10.3 Å². The van der Waals surface area contributed by atoms with Crippen molar-refractivity contribution in [1.29, 1.82) is 0 Å². The van der Waals surface area contributed by atoms with Gasteiger partial charge in [-0.05, 0) is 37.1 Å². The van der Waals surface area contributed by atoms with E-state index in [4.69, 9.17) is 4.18 Å². The molecule has 0 saturated heterocycles. The second-order valence-electron chi connectivity index (χ2n) is 4.51.